The van der Waals surface area contributed by atoms with Crippen LogP contribution in [0.3, 0.4) is 0 Å². The van der Waals surface area contributed by atoms with Gasteiger partial charge in [-0.2, -0.15) is 12.7 Å². The largest absolute Gasteiger partial charge is 0.368 e. The molecule has 1 radical (unpaired) electrons. The van der Waals surface area contributed by atoms with Gasteiger partial charge in [0.25, 0.3) is 0 Å². The van der Waals surface area contributed by atoms with E-state index in [4.69, 9.17) is 5.73 Å². The minimum Gasteiger partial charge on any atom is -0.368 e. The van der Waals surface area contributed by atoms with Crippen molar-refractivity contribution in [3.63, 3.8) is 0 Å². The van der Waals surface area contributed by atoms with Crippen molar-refractivity contribution in [2.75, 3.05) is 38.0 Å². The van der Waals surface area contributed by atoms with Gasteiger partial charge in [-0.3, -0.25) is 9.10 Å². The van der Waals surface area contributed by atoms with Gasteiger partial charge in [0.15, 0.2) is 0 Å². The van der Waals surface area contributed by atoms with Crippen LogP contribution >= 0.6 is 0 Å². The van der Waals surface area contributed by atoms with Gasteiger partial charge in [0.1, 0.15) is 5.54 Å². The number of amides is 1. The fourth-order valence-corrected chi connectivity index (χ4v) is 7.42. The lowest BCUT2D eigenvalue weighted by Gasteiger charge is -2.35. The van der Waals surface area contributed by atoms with Gasteiger partial charge in [-0.1, -0.05) is 25.0 Å². The maximum absolute atomic E-state index is 13.2. The highest BCUT2D eigenvalue weighted by Crippen LogP contribution is 2.45. The smallest absolute Gasteiger partial charge is 0.305 e. The van der Waals surface area contributed by atoms with Gasteiger partial charge in [-0.05, 0) is 82.3 Å². The third-order valence-corrected chi connectivity index (χ3v) is 9.19. The van der Waals surface area contributed by atoms with E-state index in [-0.39, 0.29) is 12.0 Å². The topological polar surface area (TPSA) is 86.9 Å². The Morgan fingerprint density at radius 3 is 2.37 bits per heavy atom. The number of hydrogen-bond donors (Lipinski definition) is 1. The normalized spacial score (nSPS) is 28.0. The van der Waals surface area contributed by atoms with E-state index in [0.717, 1.165) is 13.0 Å². The Balaban J connectivity index is 1.63. The predicted molar refractivity (Wildman–Crippen MR) is 118 cm³/mol. The van der Waals surface area contributed by atoms with Crippen molar-refractivity contribution < 1.29 is 13.2 Å². The molecule has 3 aliphatic rings. The first kappa shape index (κ1) is 21.6. The van der Waals surface area contributed by atoms with Crippen LogP contribution in [0.15, 0.2) is 24.3 Å². The predicted octanol–water partition coefficient (Wildman–Crippen LogP) is 2.04. The maximum Gasteiger partial charge on any atom is 0.305 e. The zero-order valence-corrected chi connectivity index (χ0v) is 18.8. The standard InChI is InChI=1S/C22H33N4O3S/c1-24(2)16-14-21(11-3-4-12-21)18-7-9-19(10-8-18)25-17-22(20(23)27)13-5-6-15-26(22)30(25,28)29/h7-10,13H,3-6,11-12,14-17H2,1-2H3,(H2,23,27)/t22-/m1/s1. The SMILES string of the molecule is CN(C)CCC1(c2ccc(N3C[C@@]4(C(N)=O)[CH]CCCN4S3(=O)=O)cc2)CCCC1. The number of anilines is 1. The maximum atomic E-state index is 13.2. The van der Waals surface area contributed by atoms with Crippen LogP contribution in [0.25, 0.3) is 0 Å². The summed E-state index contributed by atoms with van der Waals surface area (Å²) < 4.78 is 29.1. The van der Waals surface area contributed by atoms with E-state index in [1.54, 1.807) is 6.42 Å². The van der Waals surface area contributed by atoms with Gasteiger partial charge >= 0.3 is 10.2 Å². The van der Waals surface area contributed by atoms with Crippen LogP contribution in [0.5, 0.6) is 0 Å². The van der Waals surface area contributed by atoms with Crippen molar-refractivity contribution >= 4 is 21.8 Å². The van der Waals surface area contributed by atoms with Crippen molar-refractivity contribution in [1.82, 2.24) is 9.21 Å². The molecule has 0 bridgehead atoms. The Hall–Kier alpha value is -1.64. The number of carbonyl (C=O) groups excluding carboxylic acids is 1. The van der Waals surface area contributed by atoms with Crippen molar-refractivity contribution in [2.24, 2.45) is 5.73 Å². The first-order valence-electron chi connectivity index (χ1n) is 10.9. The van der Waals surface area contributed by atoms with Crippen LogP contribution in [0.1, 0.15) is 50.5 Å². The molecular weight excluding hydrogens is 400 g/mol. The monoisotopic (exact) mass is 433 g/mol. The van der Waals surface area contributed by atoms with E-state index in [1.807, 2.05) is 12.1 Å². The molecule has 1 saturated carbocycles. The third-order valence-electron chi connectivity index (χ3n) is 7.23. The van der Waals surface area contributed by atoms with E-state index in [0.29, 0.717) is 25.1 Å². The summed E-state index contributed by atoms with van der Waals surface area (Å²) in [6, 6.07) is 7.97. The van der Waals surface area contributed by atoms with Crippen molar-refractivity contribution in [3.8, 4) is 0 Å². The Morgan fingerprint density at radius 2 is 1.80 bits per heavy atom. The molecule has 165 valence electrons. The molecule has 2 heterocycles. The summed E-state index contributed by atoms with van der Waals surface area (Å²) in [4.78, 5) is 14.5. The fourth-order valence-electron chi connectivity index (χ4n) is 5.44. The van der Waals surface area contributed by atoms with Crippen LogP contribution in [0.2, 0.25) is 0 Å². The molecule has 1 amide bonds. The Labute approximate surface area is 180 Å². The summed E-state index contributed by atoms with van der Waals surface area (Å²) in [5.41, 5.74) is 6.50. The van der Waals surface area contributed by atoms with Gasteiger partial charge in [0.2, 0.25) is 5.91 Å². The van der Waals surface area contributed by atoms with Gasteiger partial charge < -0.3 is 10.6 Å². The highest BCUT2D eigenvalue weighted by atomic mass is 32.2. The average molecular weight is 434 g/mol. The summed E-state index contributed by atoms with van der Waals surface area (Å²) in [5.74, 6) is -0.599. The molecule has 7 nitrogen and oxygen atoms in total. The molecule has 1 atom stereocenters. The molecule has 2 N–H and O–H groups in total. The Bertz CT molecular complexity index is 893. The minimum absolute atomic E-state index is 0.0514. The molecule has 0 aromatic heterocycles. The van der Waals surface area contributed by atoms with E-state index in [1.165, 1.54) is 39.9 Å². The first-order valence-corrected chi connectivity index (χ1v) is 12.3. The number of hydrogen-bond acceptors (Lipinski definition) is 4. The van der Waals surface area contributed by atoms with Crippen molar-refractivity contribution in [2.45, 2.75) is 55.9 Å². The number of primary amides is 1. The lowest BCUT2D eigenvalue weighted by Crippen LogP contribution is -2.59. The van der Waals surface area contributed by atoms with E-state index < -0.39 is 21.7 Å². The number of rotatable bonds is 6. The molecule has 4 rings (SSSR count). The van der Waals surface area contributed by atoms with Gasteiger partial charge in [0, 0.05) is 6.54 Å². The second-order valence-corrected chi connectivity index (χ2v) is 11.1. The highest BCUT2D eigenvalue weighted by Gasteiger charge is 2.59. The molecule has 1 aliphatic carbocycles. The number of carbonyl (C=O) groups is 1. The molecule has 2 aliphatic heterocycles. The summed E-state index contributed by atoms with van der Waals surface area (Å²) in [7, 11) is 0.418. The minimum atomic E-state index is -3.79. The van der Waals surface area contributed by atoms with Crippen LogP contribution in [-0.2, 0) is 20.4 Å². The summed E-state index contributed by atoms with van der Waals surface area (Å²) in [6.07, 6.45) is 9.11. The van der Waals surface area contributed by atoms with Crippen LogP contribution in [-0.4, -0.2) is 62.8 Å². The van der Waals surface area contributed by atoms with Crippen molar-refractivity contribution in [1.29, 1.82) is 0 Å². The average Bonchev–Trinajstić information content (AvgIpc) is 3.29. The molecule has 1 aromatic carbocycles. The van der Waals surface area contributed by atoms with Gasteiger partial charge in [-0.15, -0.1) is 0 Å². The number of fused-ring (bicyclic) bond motifs is 1. The van der Waals surface area contributed by atoms with Crippen LogP contribution in [0, 0.1) is 6.42 Å². The Morgan fingerprint density at radius 1 is 1.13 bits per heavy atom. The summed E-state index contributed by atoms with van der Waals surface area (Å²) in [6.45, 7) is 1.41. The third kappa shape index (κ3) is 3.42. The van der Waals surface area contributed by atoms with Gasteiger partial charge in [-0.25, -0.2) is 0 Å². The molecule has 0 unspecified atom stereocenters. The van der Waals surface area contributed by atoms with Crippen LogP contribution < -0.4 is 10.0 Å². The molecule has 0 spiro atoms. The zero-order valence-electron chi connectivity index (χ0n) is 18.0. The van der Waals surface area contributed by atoms with E-state index in [9.17, 15) is 13.2 Å². The molecule has 30 heavy (non-hydrogen) atoms. The molecular formula is C22H33N4O3S. The molecule has 3 fully saturated rings. The van der Waals surface area contributed by atoms with E-state index >= 15 is 0 Å². The molecule has 1 aromatic rings. The summed E-state index contributed by atoms with van der Waals surface area (Å²) >= 11 is 0. The number of piperidine rings is 1. The quantitative estimate of drug-likeness (QED) is 0.744. The second-order valence-electron chi connectivity index (χ2n) is 9.31. The van der Waals surface area contributed by atoms with Gasteiger partial charge in [0.05, 0.1) is 12.2 Å². The lowest BCUT2D eigenvalue weighted by molar-refractivity contribution is -0.125. The second kappa shape index (κ2) is 7.80. The highest BCUT2D eigenvalue weighted by molar-refractivity contribution is 7.90. The first-order chi connectivity index (χ1) is 14.2. The summed E-state index contributed by atoms with van der Waals surface area (Å²) in [5, 5.41) is 0. The molecule has 8 heteroatoms. The number of benzene rings is 1. The van der Waals surface area contributed by atoms with Crippen molar-refractivity contribution in [3.05, 3.63) is 36.2 Å². The number of nitrogens with zero attached hydrogens (tertiary/aromatic N) is 3. The van der Waals surface area contributed by atoms with E-state index in [2.05, 4.69) is 31.1 Å². The number of nitrogens with two attached hydrogens (primary N) is 1. The lowest BCUT2D eigenvalue weighted by atomic mass is 9.76. The molecule has 2 saturated heterocycles. The van der Waals surface area contributed by atoms with Crippen LogP contribution in [0.4, 0.5) is 5.69 Å². The zero-order chi connectivity index (χ0) is 21.6. The fraction of sp³-hybridized carbons (Fsp3) is 0.636. The Kier molecular flexibility index (Phi) is 5.61.